The van der Waals surface area contributed by atoms with E-state index in [1.807, 2.05) is 13.8 Å². The number of aromatic nitrogens is 3. The van der Waals surface area contributed by atoms with E-state index >= 15 is 0 Å². The van der Waals surface area contributed by atoms with E-state index in [2.05, 4.69) is 0 Å². The standard InChI is InChI=1S/C21H39N3O6/c1-21(2,13-8-10-16-30-4)17(25)12-15-24-20(29)22(3)19(28)23(24)14-9-6-5-7-11-18(26)27/h17,25H,5-16H2,1-4H3,(H,26,27). The second-order valence-electron chi connectivity index (χ2n) is 8.67. The van der Waals surface area contributed by atoms with E-state index in [1.54, 1.807) is 7.11 Å². The monoisotopic (exact) mass is 429 g/mol. The Kier molecular flexibility index (Phi) is 11.1. The van der Waals surface area contributed by atoms with Crippen LogP contribution in [0.5, 0.6) is 0 Å². The summed E-state index contributed by atoms with van der Waals surface area (Å²) in [7, 11) is 3.13. The van der Waals surface area contributed by atoms with Crippen molar-refractivity contribution in [2.75, 3.05) is 13.7 Å². The maximum absolute atomic E-state index is 12.5. The van der Waals surface area contributed by atoms with Crippen molar-refractivity contribution in [1.82, 2.24) is 13.9 Å². The van der Waals surface area contributed by atoms with Gasteiger partial charge in [-0.25, -0.2) is 23.5 Å². The first-order valence-electron chi connectivity index (χ1n) is 10.9. The number of aliphatic hydroxyl groups is 1. The quantitative estimate of drug-likeness (QED) is 0.388. The predicted octanol–water partition coefficient (Wildman–Crippen LogP) is 1.98. The maximum atomic E-state index is 12.5. The summed E-state index contributed by atoms with van der Waals surface area (Å²) >= 11 is 0. The molecule has 1 aromatic rings. The highest BCUT2D eigenvalue weighted by Crippen LogP contribution is 2.29. The van der Waals surface area contributed by atoms with E-state index in [1.165, 1.54) is 16.4 Å². The Hall–Kier alpha value is -1.87. The highest BCUT2D eigenvalue weighted by atomic mass is 16.5. The van der Waals surface area contributed by atoms with Crippen molar-refractivity contribution in [2.24, 2.45) is 12.5 Å². The van der Waals surface area contributed by atoms with E-state index in [0.717, 1.165) is 36.7 Å². The molecule has 0 aliphatic heterocycles. The molecule has 1 rings (SSSR count). The second kappa shape index (κ2) is 12.7. The predicted molar refractivity (Wildman–Crippen MR) is 115 cm³/mol. The van der Waals surface area contributed by atoms with Gasteiger partial charge in [0.2, 0.25) is 0 Å². The van der Waals surface area contributed by atoms with Gasteiger partial charge in [-0.3, -0.25) is 4.79 Å². The van der Waals surface area contributed by atoms with Gasteiger partial charge in [0.15, 0.2) is 0 Å². The van der Waals surface area contributed by atoms with E-state index < -0.39 is 12.1 Å². The van der Waals surface area contributed by atoms with Crippen LogP contribution in [-0.2, 0) is 29.7 Å². The van der Waals surface area contributed by atoms with Crippen molar-refractivity contribution in [3.05, 3.63) is 21.0 Å². The van der Waals surface area contributed by atoms with Crippen LogP contribution in [0.4, 0.5) is 0 Å². The fraction of sp³-hybridized carbons (Fsp3) is 0.857. The average Bonchev–Trinajstić information content (AvgIpc) is 2.89. The number of nitrogens with zero attached hydrogens (tertiary/aromatic N) is 3. The molecular weight excluding hydrogens is 390 g/mol. The fourth-order valence-corrected chi connectivity index (χ4v) is 3.59. The lowest BCUT2D eigenvalue weighted by Crippen LogP contribution is -2.34. The number of methoxy groups -OCH3 is 1. The summed E-state index contributed by atoms with van der Waals surface area (Å²) in [6.45, 7) is 5.41. The number of aliphatic hydroxyl groups excluding tert-OH is 1. The molecule has 0 saturated carbocycles. The van der Waals surface area contributed by atoms with Crippen LogP contribution in [0.3, 0.4) is 0 Å². The summed E-state index contributed by atoms with van der Waals surface area (Å²) in [5.41, 5.74) is -1.03. The number of hydrogen-bond acceptors (Lipinski definition) is 5. The summed E-state index contributed by atoms with van der Waals surface area (Å²) < 4.78 is 9.02. The van der Waals surface area contributed by atoms with E-state index in [9.17, 15) is 19.5 Å². The van der Waals surface area contributed by atoms with Crippen molar-refractivity contribution in [2.45, 2.75) is 90.8 Å². The van der Waals surface area contributed by atoms with Crippen molar-refractivity contribution < 1.29 is 19.7 Å². The number of hydrogen-bond donors (Lipinski definition) is 2. The summed E-state index contributed by atoms with van der Waals surface area (Å²) in [6.07, 6.45) is 5.56. The van der Waals surface area contributed by atoms with Gasteiger partial charge in [-0.2, -0.15) is 0 Å². The minimum Gasteiger partial charge on any atom is -0.481 e. The highest BCUT2D eigenvalue weighted by molar-refractivity contribution is 5.66. The number of ether oxygens (including phenoxy) is 1. The van der Waals surface area contributed by atoms with E-state index in [0.29, 0.717) is 32.4 Å². The van der Waals surface area contributed by atoms with Gasteiger partial charge in [-0.15, -0.1) is 0 Å². The largest absolute Gasteiger partial charge is 0.481 e. The lowest BCUT2D eigenvalue weighted by atomic mass is 9.80. The van der Waals surface area contributed by atoms with Gasteiger partial charge in [-0.1, -0.05) is 33.1 Å². The van der Waals surface area contributed by atoms with Crippen LogP contribution in [0, 0.1) is 5.41 Å². The Morgan fingerprint density at radius 2 is 1.60 bits per heavy atom. The zero-order valence-corrected chi connectivity index (χ0v) is 18.9. The molecule has 30 heavy (non-hydrogen) atoms. The molecule has 1 aromatic heterocycles. The smallest absolute Gasteiger partial charge is 0.346 e. The lowest BCUT2D eigenvalue weighted by Gasteiger charge is -2.31. The van der Waals surface area contributed by atoms with E-state index in [-0.39, 0.29) is 29.8 Å². The second-order valence-corrected chi connectivity index (χ2v) is 8.67. The van der Waals surface area contributed by atoms with Crippen LogP contribution in [0.25, 0.3) is 0 Å². The molecule has 9 heteroatoms. The molecule has 0 aromatic carbocycles. The average molecular weight is 430 g/mol. The topological polar surface area (TPSA) is 116 Å². The van der Waals surface area contributed by atoms with Crippen molar-refractivity contribution in [1.29, 1.82) is 0 Å². The Balaban J connectivity index is 2.66. The molecule has 0 aliphatic rings. The molecule has 1 atom stereocenters. The van der Waals surface area contributed by atoms with Gasteiger partial charge in [-0.05, 0) is 37.5 Å². The number of carboxylic acids is 1. The molecule has 0 aliphatic carbocycles. The normalized spacial score (nSPS) is 13.0. The third-order valence-electron chi connectivity index (χ3n) is 5.75. The first-order valence-corrected chi connectivity index (χ1v) is 10.9. The van der Waals surface area contributed by atoms with Crippen LogP contribution in [0.2, 0.25) is 0 Å². The molecule has 1 heterocycles. The zero-order chi connectivity index (χ0) is 22.7. The van der Waals surface area contributed by atoms with Gasteiger partial charge in [0.25, 0.3) is 0 Å². The zero-order valence-electron chi connectivity index (χ0n) is 18.9. The Morgan fingerprint density at radius 1 is 1.00 bits per heavy atom. The lowest BCUT2D eigenvalue weighted by molar-refractivity contribution is -0.137. The molecule has 0 saturated heterocycles. The van der Waals surface area contributed by atoms with E-state index in [4.69, 9.17) is 9.84 Å². The minimum absolute atomic E-state index is 0.148. The number of carboxylic acid groups (broad SMARTS) is 1. The molecule has 174 valence electrons. The summed E-state index contributed by atoms with van der Waals surface area (Å²) in [5.74, 6) is -0.803. The summed E-state index contributed by atoms with van der Waals surface area (Å²) in [6, 6.07) is 0. The van der Waals surface area contributed by atoms with Crippen LogP contribution in [0.15, 0.2) is 9.59 Å². The molecule has 0 amide bonds. The van der Waals surface area contributed by atoms with Gasteiger partial charge in [0.1, 0.15) is 0 Å². The Labute approximate surface area is 178 Å². The van der Waals surface area contributed by atoms with Crippen molar-refractivity contribution in [3.63, 3.8) is 0 Å². The van der Waals surface area contributed by atoms with Gasteiger partial charge < -0.3 is 14.9 Å². The maximum Gasteiger partial charge on any atom is 0.346 e. The molecule has 0 bridgehead atoms. The SMILES string of the molecule is COCCCCC(C)(C)C(O)CCn1c(=O)n(C)c(=O)n1CCCCCCC(=O)O. The van der Waals surface area contributed by atoms with Gasteiger partial charge in [0.05, 0.1) is 6.10 Å². The molecule has 0 radical (unpaired) electrons. The number of rotatable bonds is 16. The first kappa shape index (κ1) is 26.2. The van der Waals surface area contributed by atoms with Crippen molar-refractivity contribution in [3.8, 4) is 0 Å². The van der Waals surface area contributed by atoms with Crippen LogP contribution in [-0.4, -0.2) is 49.9 Å². The fourth-order valence-electron chi connectivity index (χ4n) is 3.59. The van der Waals surface area contributed by atoms with Gasteiger partial charge in [0, 0.05) is 40.3 Å². The number of unbranched alkanes of at least 4 members (excludes halogenated alkanes) is 4. The molecule has 0 fully saturated rings. The first-order chi connectivity index (χ1) is 14.1. The minimum atomic E-state index is -0.803. The third-order valence-corrected chi connectivity index (χ3v) is 5.75. The van der Waals surface area contributed by atoms with Crippen LogP contribution in [0.1, 0.15) is 71.6 Å². The van der Waals surface area contributed by atoms with Crippen LogP contribution < -0.4 is 11.4 Å². The summed E-state index contributed by atoms with van der Waals surface area (Å²) in [4.78, 5) is 35.4. The number of carbonyl (C=O) groups is 1. The van der Waals surface area contributed by atoms with Crippen molar-refractivity contribution >= 4 is 5.97 Å². The molecule has 2 N–H and O–H groups in total. The van der Waals surface area contributed by atoms with Crippen LogP contribution >= 0.6 is 0 Å². The Morgan fingerprint density at radius 3 is 2.20 bits per heavy atom. The van der Waals surface area contributed by atoms with Gasteiger partial charge >= 0.3 is 17.3 Å². The molecule has 0 spiro atoms. The summed E-state index contributed by atoms with van der Waals surface area (Å²) in [5, 5.41) is 19.4. The Bertz CT molecular complexity index is 762. The molecule has 9 nitrogen and oxygen atoms in total. The highest BCUT2D eigenvalue weighted by Gasteiger charge is 2.27. The molecule has 1 unspecified atom stereocenters. The third kappa shape index (κ3) is 8.10. The molecular formula is C21H39N3O6. The number of aliphatic carboxylic acids is 1.